The Morgan fingerprint density at radius 1 is 1.25 bits per heavy atom. The number of nitrogens with zero attached hydrogens (tertiary/aromatic N) is 2. The van der Waals surface area contributed by atoms with E-state index in [0.29, 0.717) is 18.3 Å². The van der Waals surface area contributed by atoms with Gasteiger partial charge in [0, 0.05) is 36.9 Å². The summed E-state index contributed by atoms with van der Waals surface area (Å²) in [6, 6.07) is 14.5. The fraction of sp³-hybridized carbons (Fsp3) is 0.409. The van der Waals surface area contributed by atoms with Gasteiger partial charge >= 0.3 is 0 Å². The maximum atomic E-state index is 10.3. The SMILES string of the molecule is CCNC(=NCc1cccc(OC)c1O)NC1CCN(c2ccc(C)cc2)C1. The number of phenolic OH excluding ortho intramolecular Hbond substituents is 1. The number of para-hydroxylation sites is 1. The van der Waals surface area contributed by atoms with Gasteiger partial charge in [-0.25, -0.2) is 4.99 Å². The second kappa shape index (κ2) is 9.35. The van der Waals surface area contributed by atoms with Crippen LogP contribution in [-0.4, -0.2) is 43.9 Å². The number of phenols is 1. The molecule has 6 heteroatoms. The van der Waals surface area contributed by atoms with E-state index < -0.39 is 0 Å². The van der Waals surface area contributed by atoms with E-state index >= 15 is 0 Å². The quantitative estimate of drug-likeness (QED) is 0.529. The Morgan fingerprint density at radius 3 is 2.75 bits per heavy atom. The third kappa shape index (κ3) is 4.88. The molecule has 28 heavy (non-hydrogen) atoms. The Hall–Kier alpha value is -2.89. The number of guanidine groups is 1. The molecule has 1 unspecified atom stereocenters. The van der Waals surface area contributed by atoms with Crippen LogP contribution in [0, 0.1) is 6.92 Å². The van der Waals surface area contributed by atoms with Gasteiger partial charge in [0.05, 0.1) is 13.7 Å². The van der Waals surface area contributed by atoms with Crippen molar-refractivity contribution in [2.24, 2.45) is 4.99 Å². The van der Waals surface area contributed by atoms with Crippen LogP contribution in [0.25, 0.3) is 0 Å². The summed E-state index contributed by atoms with van der Waals surface area (Å²) >= 11 is 0. The normalized spacial score (nSPS) is 16.9. The predicted octanol–water partition coefficient (Wildman–Crippen LogP) is 3.04. The molecule has 2 aromatic rings. The first-order valence-corrected chi connectivity index (χ1v) is 9.82. The molecule has 0 aromatic heterocycles. The van der Waals surface area contributed by atoms with Gasteiger partial charge in [0.2, 0.25) is 0 Å². The maximum absolute atomic E-state index is 10.3. The Balaban J connectivity index is 1.63. The molecular formula is C22H30N4O2. The van der Waals surface area contributed by atoms with Gasteiger partial charge in [-0.05, 0) is 38.5 Å². The van der Waals surface area contributed by atoms with Crippen LogP contribution < -0.4 is 20.3 Å². The summed E-state index contributed by atoms with van der Waals surface area (Å²) in [7, 11) is 1.55. The van der Waals surface area contributed by atoms with Gasteiger partial charge in [-0.1, -0.05) is 29.8 Å². The topological polar surface area (TPSA) is 69.1 Å². The molecule has 1 aliphatic heterocycles. The molecule has 1 saturated heterocycles. The Labute approximate surface area is 167 Å². The molecule has 0 aliphatic carbocycles. The molecule has 3 N–H and O–H groups in total. The highest BCUT2D eigenvalue weighted by Gasteiger charge is 2.23. The number of rotatable bonds is 6. The van der Waals surface area contributed by atoms with Crippen LogP contribution in [0.1, 0.15) is 24.5 Å². The molecule has 0 bridgehead atoms. The highest BCUT2D eigenvalue weighted by molar-refractivity contribution is 5.80. The number of methoxy groups -OCH3 is 1. The van der Waals surface area contributed by atoms with Crippen molar-refractivity contribution in [1.82, 2.24) is 10.6 Å². The summed E-state index contributed by atoms with van der Waals surface area (Å²) in [5, 5.41) is 17.1. The van der Waals surface area contributed by atoms with Gasteiger partial charge in [-0.15, -0.1) is 0 Å². The summed E-state index contributed by atoms with van der Waals surface area (Å²) in [5.74, 6) is 1.38. The Morgan fingerprint density at radius 2 is 2.04 bits per heavy atom. The van der Waals surface area contributed by atoms with Crippen molar-refractivity contribution in [3.05, 3.63) is 53.6 Å². The molecule has 1 atom stereocenters. The summed E-state index contributed by atoms with van der Waals surface area (Å²) in [6.07, 6.45) is 1.06. The lowest BCUT2D eigenvalue weighted by Crippen LogP contribution is -2.44. The van der Waals surface area contributed by atoms with Crippen molar-refractivity contribution < 1.29 is 9.84 Å². The van der Waals surface area contributed by atoms with E-state index in [4.69, 9.17) is 4.74 Å². The first-order chi connectivity index (χ1) is 13.6. The summed E-state index contributed by atoms with van der Waals surface area (Å²) in [5.41, 5.74) is 3.28. The molecule has 0 saturated carbocycles. The van der Waals surface area contributed by atoms with E-state index in [1.165, 1.54) is 11.3 Å². The van der Waals surface area contributed by atoms with E-state index in [2.05, 4.69) is 51.7 Å². The summed E-state index contributed by atoms with van der Waals surface area (Å²) < 4.78 is 5.17. The van der Waals surface area contributed by atoms with Crippen molar-refractivity contribution >= 4 is 11.6 Å². The number of aryl methyl sites for hydroxylation is 1. The average molecular weight is 383 g/mol. The number of hydrogen-bond acceptors (Lipinski definition) is 4. The monoisotopic (exact) mass is 382 g/mol. The van der Waals surface area contributed by atoms with E-state index in [9.17, 15) is 5.11 Å². The Kier molecular flexibility index (Phi) is 6.63. The van der Waals surface area contributed by atoms with Crippen LogP contribution in [0.4, 0.5) is 5.69 Å². The number of hydrogen-bond donors (Lipinski definition) is 3. The minimum absolute atomic E-state index is 0.149. The second-order valence-electron chi connectivity index (χ2n) is 7.07. The molecule has 0 amide bonds. The van der Waals surface area contributed by atoms with Gasteiger partial charge < -0.3 is 25.4 Å². The molecule has 0 radical (unpaired) electrons. The van der Waals surface area contributed by atoms with E-state index in [1.54, 1.807) is 13.2 Å². The van der Waals surface area contributed by atoms with Crippen LogP contribution in [0.3, 0.4) is 0 Å². The zero-order valence-corrected chi connectivity index (χ0v) is 16.9. The van der Waals surface area contributed by atoms with Crippen molar-refractivity contribution in [3.8, 4) is 11.5 Å². The predicted molar refractivity (Wildman–Crippen MR) is 114 cm³/mol. The van der Waals surface area contributed by atoms with Crippen LogP contribution in [0.2, 0.25) is 0 Å². The Bertz CT molecular complexity index is 805. The van der Waals surface area contributed by atoms with Crippen molar-refractivity contribution in [2.45, 2.75) is 32.9 Å². The average Bonchev–Trinajstić information content (AvgIpc) is 3.16. The molecule has 2 aromatic carbocycles. The molecule has 6 nitrogen and oxygen atoms in total. The third-order valence-corrected chi connectivity index (χ3v) is 4.98. The first kappa shape index (κ1) is 19.9. The van der Waals surface area contributed by atoms with Gasteiger partial charge in [0.15, 0.2) is 17.5 Å². The standard InChI is InChI=1S/C22H30N4O2/c1-4-23-22(24-14-17-6-5-7-20(28-3)21(17)27)25-18-12-13-26(15-18)19-10-8-16(2)9-11-19/h5-11,18,27H,4,12-15H2,1-3H3,(H2,23,24,25). The number of ether oxygens (including phenoxy) is 1. The van der Waals surface area contributed by atoms with Crippen LogP contribution in [-0.2, 0) is 6.54 Å². The lowest BCUT2D eigenvalue weighted by molar-refractivity contribution is 0.370. The van der Waals surface area contributed by atoms with Gasteiger partial charge in [0.25, 0.3) is 0 Å². The van der Waals surface area contributed by atoms with Gasteiger partial charge in [0.1, 0.15) is 0 Å². The molecule has 150 valence electrons. The van der Waals surface area contributed by atoms with Crippen molar-refractivity contribution in [1.29, 1.82) is 0 Å². The van der Waals surface area contributed by atoms with E-state index in [0.717, 1.165) is 37.6 Å². The lowest BCUT2D eigenvalue weighted by Gasteiger charge is -2.20. The number of aromatic hydroxyl groups is 1. The summed E-state index contributed by atoms with van der Waals surface area (Å²) in [4.78, 5) is 7.05. The third-order valence-electron chi connectivity index (χ3n) is 4.98. The smallest absolute Gasteiger partial charge is 0.191 e. The molecular weight excluding hydrogens is 352 g/mol. The number of aliphatic imine (C=N–C) groups is 1. The van der Waals surface area contributed by atoms with Crippen LogP contribution >= 0.6 is 0 Å². The number of benzene rings is 2. The van der Waals surface area contributed by atoms with Gasteiger partial charge in [-0.3, -0.25) is 0 Å². The lowest BCUT2D eigenvalue weighted by atomic mass is 10.2. The maximum Gasteiger partial charge on any atom is 0.191 e. The molecule has 0 spiro atoms. The summed E-state index contributed by atoms with van der Waals surface area (Å²) in [6.45, 7) is 7.29. The minimum atomic E-state index is 0.149. The van der Waals surface area contributed by atoms with E-state index in [1.807, 2.05) is 19.1 Å². The van der Waals surface area contributed by atoms with Crippen molar-refractivity contribution in [2.75, 3.05) is 31.6 Å². The molecule has 1 aliphatic rings. The number of anilines is 1. The molecule has 1 fully saturated rings. The fourth-order valence-corrected chi connectivity index (χ4v) is 3.41. The van der Waals surface area contributed by atoms with Crippen LogP contribution in [0.15, 0.2) is 47.5 Å². The fourth-order valence-electron chi connectivity index (χ4n) is 3.41. The highest BCUT2D eigenvalue weighted by atomic mass is 16.5. The largest absolute Gasteiger partial charge is 0.504 e. The van der Waals surface area contributed by atoms with Gasteiger partial charge in [-0.2, -0.15) is 0 Å². The van der Waals surface area contributed by atoms with E-state index in [-0.39, 0.29) is 5.75 Å². The highest BCUT2D eigenvalue weighted by Crippen LogP contribution is 2.29. The molecule has 1 heterocycles. The zero-order valence-electron chi connectivity index (χ0n) is 16.9. The minimum Gasteiger partial charge on any atom is -0.504 e. The van der Waals surface area contributed by atoms with Crippen molar-refractivity contribution in [3.63, 3.8) is 0 Å². The molecule has 3 rings (SSSR count). The first-order valence-electron chi connectivity index (χ1n) is 9.82. The zero-order chi connectivity index (χ0) is 19.9. The second-order valence-corrected chi connectivity index (χ2v) is 7.07. The number of nitrogens with one attached hydrogen (secondary N) is 2. The van der Waals surface area contributed by atoms with Crippen LogP contribution in [0.5, 0.6) is 11.5 Å².